The predicted molar refractivity (Wildman–Crippen MR) is 73.4 cm³/mol. The van der Waals surface area contributed by atoms with Crippen molar-refractivity contribution in [3.63, 3.8) is 0 Å². The summed E-state index contributed by atoms with van der Waals surface area (Å²) in [6, 6.07) is 3.98. The van der Waals surface area contributed by atoms with E-state index in [-0.39, 0.29) is 11.7 Å². The maximum absolute atomic E-state index is 13.8. The molecule has 1 aromatic rings. The largest absolute Gasteiger partial charge is 0.385 e. The second-order valence-electron chi connectivity index (χ2n) is 5.56. The van der Waals surface area contributed by atoms with E-state index in [2.05, 4.69) is 6.92 Å². The van der Waals surface area contributed by atoms with Gasteiger partial charge in [-0.3, -0.25) is 0 Å². The van der Waals surface area contributed by atoms with Crippen LogP contribution in [0, 0.1) is 11.6 Å². The zero-order chi connectivity index (χ0) is 14.6. The Morgan fingerprint density at radius 2 is 2.00 bits per heavy atom. The highest BCUT2D eigenvalue weighted by Gasteiger charge is 2.37. The van der Waals surface area contributed by atoms with Crippen LogP contribution in [0.4, 0.5) is 8.78 Å². The van der Waals surface area contributed by atoms with Crippen molar-refractivity contribution in [2.45, 2.75) is 57.2 Å². The van der Waals surface area contributed by atoms with Gasteiger partial charge in [-0.2, -0.15) is 0 Å². The fraction of sp³-hybridized carbons (Fsp3) is 0.625. The number of hydrogen-bond acceptors (Lipinski definition) is 2. The van der Waals surface area contributed by atoms with Crippen LogP contribution in [0.15, 0.2) is 18.2 Å². The molecule has 0 bridgehead atoms. The lowest BCUT2D eigenvalue weighted by molar-refractivity contribution is -0.0616. The number of ether oxygens (including phenoxy) is 1. The molecule has 0 heterocycles. The van der Waals surface area contributed by atoms with Gasteiger partial charge < -0.3 is 9.84 Å². The van der Waals surface area contributed by atoms with E-state index in [0.29, 0.717) is 25.7 Å². The van der Waals surface area contributed by atoms with Crippen molar-refractivity contribution in [3.8, 4) is 0 Å². The van der Waals surface area contributed by atoms with E-state index in [0.717, 1.165) is 25.5 Å². The zero-order valence-corrected chi connectivity index (χ0v) is 11.9. The maximum Gasteiger partial charge on any atom is 0.164 e. The molecule has 0 radical (unpaired) electrons. The van der Waals surface area contributed by atoms with Crippen LogP contribution < -0.4 is 0 Å². The van der Waals surface area contributed by atoms with Crippen LogP contribution in [-0.2, 0) is 10.3 Å². The topological polar surface area (TPSA) is 29.5 Å². The Labute approximate surface area is 118 Å². The normalized spacial score (nSPS) is 26.7. The molecule has 1 aromatic carbocycles. The molecule has 0 amide bonds. The van der Waals surface area contributed by atoms with Gasteiger partial charge in [0, 0.05) is 12.2 Å². The van der Waals surface area contributed by atoms with Crippen LogP contribution in [0.25, 0.3) is 0 Å². The number of unbranched alkanes of at least 4 members (excludes halogenated alkanes) is 1. The molecule has 2 nitrogen and oxygen atoms in total. The van der Waals surface area contributed by atoms with Crippen LogP contribution >= 0.6 is 0 Å². The van der Waals surface area contributed by atoms with Gasteiger partial charge in [-0.15, -0.1) is 0 Å². The van der Waals surface area contributed by atoms with E-state index in [1.807, 2.05) is 0 Å². The van der Waals surface area contributed by atoms with Crippen LogP contribution in [0.1, 0.15) is 51.0 Å². The summed E-state index contributed by atoms with van der Waals surface area (Å²) in [4.78, 5) is 0. The molecule has 0 aromatic heterocycles. The molecule has 1 N–H and O–H groups in total. The van der Waals surface area contributed by atoms with E-state index >= 15 is 0 Å². The molecule has 1 aliphatic rings. The molecule has 0 aliphatic heterocycles. The Bertz CT molecular complexity index is 440. The molecule has 0 spiro atoms. The third-order valence-corrected chi connectivity index (χ3v) is 4.06. The third kappa shape index (κ3) is 3.36. The van der Waals surface area contributed by atoms with Gasteiger partial charge in [0.25, 0.3) is 0 Å². The summed E-state index contributed by atoms with van der Waals surface area (Å²) < 4.78 is 32.8. The molecular weight excluding hydrogens is 262 g/mol. The first-order chi connectivity index (χ1) is 9.57. The standard InChI is InChI=1S/C16H22F2O2/c1-2-3-11-20-12-7-9-16(19,10-8-12)13-5-4-6-14(17)15(13)18/h4-6,12,19H,2-3,7-11H2,1H3. The minimum absolute atomic E-state index is 0.0736. The molecule has 0 saturated heterocycles. The quantitative estimate of drug-likeness (QED) is 0.831. The van der Waals surface area contributed by atoms with Crippen LogP contribution in [0.3, 0.4) is 0 Å². The number of aliphatic hydroxyl groups is 1. The highest BCUT2D eigenvalue weighted by atomic mass is 19.2. The molecule has 0 unspecified atom stereocenters. The molecule has 1 aliphatic carbocycles. The Balaban J connectivity index is 1.99. The number of rotatable bonds is 5. The van der Waals surface area contributed by atoms with Crippen molar-refractivity contribution in [2.75, 3.05) is 6.61 Å². The van der Waals surface area contributed by atoms with Crippen molar-refractivity contribution in [1.29, 1.82) is 0 Å². The summed E-state index contributed by atoms with van der Waals surface area (Å²) in [5, 5.41) is 10.6. The molecule has 112 valence electrons. The van der Waals surface area contributed by atoms with E-state index in [9.17, 15) is 13.9 Å². The second-order valence-corrected chi connectivity index (χ2v) is 5.56. The van der Waals surface area contributed by atoms with Gasteiger partial charge >= 0.3 is 0 Å². The van der Waals surface area contributed by atoms with Gasteiger partial charge in [0.1, 0.15) is 0 Å². The summed E-state index contributed by atoms with van der Waals surface area (Å²) in [5.41, 5.74) is -1.19. The Hall–Kier alpha value is -1.00. The van der Waals surface area contributed by atoms with Gasteiger partial charge in [0.15, 0.2) is 11.6 Å². The van der Waals surface area contributed by atoms with E-state index in [4.69, 9.17) is 4.74 Å². The molecule has 2 rings (SSSR count). The predicted octanol–water partition coefficient (Wildman–Crippen LogP) is 3.91. The average molecular weight is 284 g/mol. The minimum atomic E-state index is -1.27. The minimum Gasteiger partial charge on any atom is -0.385 e. The average Bonchev–Trinajstić information content (AvgIpc) is 2.44. The van der Waals surface area contributed by atoms with Gasteiger partial charge in [-0.1, -0.05) is 25.5 Å². The molecular formula is C16H22F2O2. The maximum atomic E-state index is 13.8. The number of halogens is 2. The molecule has 20 heavy (non-hydrogen) atoms. The summed E-state index contributed by atoms with van der Waals surface area (Å²) >= 11 is 0. The summed E-state index contributed by atoms with van der Waals surface area (Å²) in [6.45, 7) is 2.84. The number of hydrogen-bond donors (Lipinski definition) is 1. The van der Waals surface area contributed by atoms with Gasteiger partial charge in [-0.25, -0.2) is 8.78 Å². The molecule has 1 fully saturated rings. The van der Waals surface area contributed by atoms with E-state index in [1.54, 1.807) is 0 Å². The van der Waals surface area contributed by atoms with Crippen molar-refractivity contribution in [1.82, 2.24) is 0 Å². The zero-order valence-electron chi connectivity index (χ0n) is 11.9. The van der Waals surface area contributed by atoms with Crippen LogP contribution in [0.5, 0.6) is 0 Å². The summed E-state index contributed by atoms with van der Waals surface area (Å²) in [7, 11) is 0. The Morgan fingerprint density at radius 3 is 2.65 bits per heavy atom. The molecule has 0 atom stereocenters. The second kappa shape index (κ2) is 6.64. The van der Waals surface area contributed by atoms with Crippen molar-refractivity contribution in [2.24, 2.45) is 0 Å². The number of benzene rings is 1. The van der Waals surface area contributed by atoms with Crippen LogP contribution in [0.2, 0.25) is 0 Å². The highest BCUT2D eigenvalue weighted by Crippen LogP contribution is 2.39. The first-order valence-corrected chi connectivity index (χ1v) is 7.35. The SMILES string of the molecule is CCCCOC1CCC(O)(c2cccc(F)c2F)CC1. The Kier molecular flexibility index (Phi) is 5.11. The highest BCUT2D eigenvalue weighted by molar-refractivity contribution is 5.26. The Morgan fingerprint density at radius 1 is 1.30 bits per heavy atom. The third-order valence-electron chi connectivity index (χ3n) is 4.06. The van der Waals surface area contributed by atoms with E-state index < -0.39 is 17.2 Å². The lowest BCUT2D eigenvalue weighted by atomic mass is 9.78. The first kappa shape index (κ1) is 15.4. The molecule has 1 saturated carbocycles. The van der Waals surface area contributed by atoms with Gasteiger partial charge in [0.2, 0.25) is 0 Å². The van der Waals surface area contributed by atoms with Crippen molar-refractivity contribution in [3.05, 3.63) is 35.4 Å². The summed E-state index contributed by atoms with van der Waals surface area (Å²) in [5.74, 6) is -1.84. The van der Waals surface area contributed by atoms with E-state index in [1.165, 1.54) is 12.1 Å². The monoisotopic (exact) mass is 284 g/mol. The first-order valence-electron chi connectivity index (χ1n) is 7.35. The molecule has 4 heteroatoms. The summed E-state index contributed by atoms with van der Waals surface area (Å²) in [6.07, 6.45) is 4.41. The fourth-order valence-corrected chi connectivity index (χ4v) is 2.76. The smallest absolute Gasteiger partial charge is 0.164 e. The lowest BCUT2D eigenvalue weighted by Crippen LogP contribution is -2.35. The fourth-order valence-electron chi connectivity index (χ4n) is 2.76. The van der Waals surface area contributed by atoms with Crippen molar-refractivity contribution < 1.29 is 18.6 Å². The van der Waals surface area contributed by atoms with Crippen LogP contribution in [-0.4, -0.2) is 17.8 Å². The van der Waals surface area contributed by atoms with Gasteiger partial charge in [0.05, 0.1) is 11.7 Å². The van der Waals surface area contributed by atoms with Crippen molar-refractivity contribution >= 4 is 0 Å². The van der Waals surface area contributed by atoms with Gasteiger partial charge in [-0.05, 0) is 38.2 Å². The lowest BCUT2D eigenvalue weighted by Gasteiger charge is -2.36.